The minimum absolute atomic E-state index is 0.120. The van der Waals surface area contributed by atoms with Crippen molar-refractivity contribution >= 4 is 11.8 Å². The summed E-state index contributed by atoms with van der Waals surface area (Å²) >= 11 is 1.42. The first-order valence-corrected chi connectivity index (χ1v) is 6.32. The number of benzene rings is 1. The minimum Gasteiger partial charge on any atom is -0.396 e. The van der Waals surface area contributed by atoms with E-state index in [2.05, 4.69) is 0 Å². The van der Waals surface area contributed by atoms with Gasteiger partial charge in [0.2, 0.25) is 0 Å². The number of halogens is 1. The first-order chi connectivity index (χ1) is 7.56. The molecule has 2 atom stereocenters. The molecule has 0 aromatic heterocycles. The van der Waals surface area contributed by atoms with Crippen molar-refractivity contribution in [3.05, 3.63) is 29.6 Å². The maximum absolute atomic E-state index is 13.6. The fourth-order valence-electron chi connectivity index (χ4n) is 1.31. The second-order valence-electron chi connectivity index (χ2n) is 4.05. The van der Waals surface area contributed by atoms with Crippen LogP contribution in [0.25, 0.3) is 0 Å². The second kappa shape index (κ2) is 6.23. The standard InChI is InChI=1S/C12H18FNOS/c1-8(6-15)7-16-12-10(9(2)14)4-3-5-11(12)13/h3-5,8-9,15H,6-7,14H2,1-2H3/t8?,9-/m1/s1. The highest BCUT2D eigenvalue weighted by molar-refractivity contribution is 7.99. The molecule has 0 aliphatic carbocycles. The minimum atomic E-state index is -0.232. The summed E-state index contributed by atoms with van der Waals surface area (Å²) in [6.45, 7) is 3.89. The van der Waals surface area contributed by atoms with Gasteiger partial charge in [0, 0.05) is 23.3 Å². The van der Waals surface area contributed by atoms with Crippen LogP contribution in [0.2, 0.25) is 0 Å². The second-order valence-corrected chi connectivity index (χ2v) is 5.08. The van der Waals surface area contributed by atoms with Crippen LogP contribution in [0.3, 0.4) is 0 Å². The molecule has 0 bridgehead atoms. The molecule has 1 aromatic carbocycles. The monoisotopic (exact) mass is 243 g/mol. The van der Waals surface area contributed by atoms with Gasteiger partial charge in [0.1, 0.15) is 5.82 Å². The zero-order chi connectivity index (χ0) is 12.1. The Morgan fingerprint density at radius 1 is 1.44 bits per heavy atom. The van der Waals surface area contributed by atoms with Crippen LogP contribution in [0, 0.1) is 11.7 Å². The maximum Gasteiger partial charge on any atom is 0.137 e. The molecule has 2 nitrogen and oxygen atoms in total. The van der Waals surface area contributed by atoms with Crippen LogP contribution in [0.4, 0.5) is 4.39 Å². The van der Waals surface area contributed by atoms with Crippen molar-refractivity contribution < 1.29 is 9.50 Å². The molecule has 0 saturated carbocycles. The van der Waals surface area contributed by atoms with Gasteiger partial charge in [-0.05, 0) is 24.5 Å². The van der Waals surface area contributed by atoms with Gasteiger partial charge in [-0.15, -0.1) is 11.8 Å². The van der Waals surface area contributed by atoms with E-state index in [-0.39, 0.29) is 24.4 Å². The van der Waals surface area contributed by atoms with Gasteiger partial charge in [0.25, 0.3) is 0 Å². The first-order valence-electron chi connectivity index (χ1n) is 5.34. The third kappa shape index (κ3) is 3.47. The summed E-state index contributed by atoms with van der Waals surface area (Å²) in [5, 5.41) is 8.93. The SMILES string of the molecule is CC(CO)CSc1c(F)cccc1[C@@H](C)N. The lowest BCUT2D eigenvalue weighted by Gasteiger charge is -2.14. The summed E-state index contributed by atoms with van der Waals surface area (Å²) in [7, 11) is 0. The Labute approximate surface area is 100 Å². The number of rotatable bonds is 5. The van der Waals surface area contributed by atoms with Crippen LogP contribution in [0.15, 0.2) is 23.1 Å². The van der Waals surface area contributed by atoms with Gasteiger partial charge in [-0.25, -0.2) is 4.39 Å². The van der Waals surface area contributed by atoms with Crippen LogP contribution in [-0.2, 0) is 0 Å². The highest BCUT2D eigenvalue weighted by Crippen LogP contribution is 2.30. The Morgan fingerprint density at radius 3 is 2.69 bits per heavy atom. The third-order valence-corrected chi connectivity index (χ3v) is 3.77. The summed E-state index contributed by atoms with van der Waals surface area (Å²) in [6.07, 6.45) is 0. The van der Waals surface area contributed by atoms with E-state index in [1.54, 1.807) is 6.07 Å². The van der Waals surface area contributed by atoms with Crippen molar-refractivity contribution in [1.29, 1.82) is 0 Å². The Morgan fingerprint density at radius 2 is 2.12 bits per heavy atom. The zero-order valence-electron chi connectivity index (χ0n) is 9.61. The topological polar surface area (TPSA) is 46.2 Å². The van der Waals surface area contributed by atoms with Gasteiger partial charge in [0.15, 0.2) is 0 Å². The molecule has 0 fully saturated rings. The highest BCUT2D eigenvalue weighted by Gasteiger charge is 2.13. The lowest BCUT2D eigenvalue weighted by Crippen LogP contribution is -2.09. The predicted molar refractivity (Wildman–Crippen MR) is 66.0 cm³/mol. The van der Waals surface area contributed by atoms with E-state index >= 15 is 0 Å². The molecule has 16 heavy (non-hydrogen) atoms. The van der Waals surface area contributed by atoms with Gasteiger partial charge in [0.05, 0.1) is 0 Å². The Hall–Kier alpha value is -0.580. The molecule has 0 saturated heterocycles. The van der Waals surface area contributed by atoms with E-state index in [4.69, 9.17) is 10.8 Å². The van der Waals surface area contributed by atoms with Crippen molar-refractivity contribution in [3.8, 4) is 0 Å². The van der Waals surface area contributed by atoms with Crippen LogP contribution in [0.1, 0.15) is 25.5 Å². The lowest BCUT2D eigenvalue weighted by atomic mass is 10.1. The van der Waals surface area contributed by atoms with Crippen molar-refractivity contribution in [2.45, 2.75) is 24.8 Å². The molecular formula is C12H18FNOS. The number of hydrogen-bond acceptors (Lipinski definition) is 3. The average molecular weight is 243 g/mol. The molecule has 90 valence electrons. The number of hydrogen-bond donors (Lipinski definition) is 2. The Bertz CT molecular complexity index is 344. The molecule has 0 radical (unpaired) electrons. The summed E-state index contributed by atoms with van der Waals surface area (Å²) in [5.74, 6) is 0.618. The molecule has 0 spiro atoms. The van der Waals surface area contributed by atoms with Crippen LogP contribution in [-0.4, -0.2) is 17.5 Å². The van der Waals surface area contributed by atoms with E-state index in [1.807, 2.05) is 19.9 Å². The Kier molecular flexibility index (Phi) is 5.25. The van der Waals surface area contributed by atoms with Crippen molar-refractivity contribution in [3.63, 3.8) is 0 Å². The predicted octanol–water partition coefficient (Wildman–Crippen LogP) is 2.57. The van der Waals surface area contributed by atoms with E-state index < -0.39 is 0 Å². The van der Waals surface area contributed by atoms with E-state index in [0.29, 0.717) is 10.6 Å². The van der Waals surface area contributed by atoms with Crippen LogP contribution >= 0.6 is 11.8 Å². The number of thioether (sulfide) groups is 1. The molecule has 0 amide bonds. The number of aliphatic hydroxyl groups is 1. The number of aliphatic hydroxyl groups excluding tert-OH is 1. The third-order valence-electron chi connectivity index (χ3n) is 2.31. The quantitative estimate of drug-likeness (QED) is 0.781. The molecule has 0 aliphatic heterocycles. The largest absolute Gasteiger partial charge is 0.396 e. The molecule has 0 heterocycles. The smallest absolute Gasteiger partial charge is 0.137 e. The molecule has 1 aromatic rings. The fraction of sp³-hybridized carbons (Fsp3) is 0.500. The van der Waals surface area contributed by atoms with Gasteiger partial charge < -0.3 is 10.8 Å². The molecule has 1 rings (SSSR count). The van der Waals surface area contributed by atoms with Crippen molar-refractivity contribution in [2.75, 3.05) is 12.4 Å². The maximum atomic E-state index is 13.6. The highest BCUT2D eigenvalue weighted by atomic mass is 32.2. The summed E-state index contributed by atoms with van der Waals surface area (Å²) in [5.41, 5.74) is 6.62. The van der Waals surface area contributed by atoms with Crippen molar-refractivity contribution in [2.24, 2.45) is 11.7 Å². The van der Waals surface area contributed by atoms with Gasteiger partial charge in [-0.1, -0.05) is 19.1 Å². The van der Waals surface area contributed by atoms with Gasteiger partial charge >= 0.3 is 0 Å². The van der Waals surface area contributed by atoms with Crippen LogP contribution < -0.4 is 5.73 Å². The summed E-state index contributed by atoms with van der Waals surface area (Å²) in [6, 6.07) is 4.79. The van der Waals surface area contributed by atoms with E-state index in [0.717, 1.165) is 5.56 Å². The average Bonchev–Trinajstić information content (AvgIpc) is 2.26. The van der Waals surface area contributed by atoms with E-state index in [1.165, 1.54) is 17.8 Å². The first kappa shape index (κ1) is 13.5. The van der Waals surface area contributed by atoms with Gasteiger partial charge in [-0.2, -0.15) is 0 Å². The molecule has 0 aliphatic rings. The normalized spacial score (nSPS) is 14.8. The summed E-state index contributed by atoms with van der Waals surface area (Å²) in [4.78, 5) is 0.609. The molecule has 4 heteroatoms. The zero-order valence-corrected chi connectivity index (χ0v) is 10.4. The molecule has 1 unspecified atom stereocenters. The van der Waals surface area contributed by atoms with E-state index in [9.17, 15) is 4.39 Å². The van der Waals surface area contributed by atoms with Gasteiger partial charge in [-0.3, -0.25) is 0 Å². The fourth-order valence-corrected chi connectivity index (χ4v) is 2.50. The lowest BCUT2D eigenvalue weighted by molar-refractivity contribution is 0.250. The van der Waals surface area contributed by atoms with Crippen molar-refractivity contribution in [1.82, 2.24) is 0 Å². The molecular weight excluding hydrogens is 225 g/mol. The number of nitrogens with two attached hydrogens (primary N) is 1. The summed E-state index contributed by atoms with van der Waals surface area (Å²) < 4.78 is 13.6. The Balaban J connectivity index is 2.84. The van der Waals surface area contributed by atoms with Crippen LogP contribution in [0.5, 0.6) is 0 Å². The molecule has 3 N–H and O–H groups in total.